The van der Waals surface area contributed by atoms with Crippen LogP contribution in [0.3, 0.4) is 0 Å². The molecular formula is C19H21N3O3. The molecule has 2 atom stereocenters. The molecule has 0 unspecified atom stereocenters. The Kier molecular flexibility index (Phi) is 4.03. The Morgan fingerprint density at radius 2 is 2.16 bits per heavy atom. The van der Waals surface area contributed by atoms with Gasteiger partial charge in [0, 0.05) is 31.9 Å². The fraction of sp³-hybridized carbons (Fsp3) is 0.421. The van der Waals surface area contributed by atoms with Crippen LogP contribution in [-0.4, -0.2) is 45.2 Å². The minimum absolute atomic E-state index is 0.0623. The van der Waals surface area contributed by atoms with E-state index in [0.717, 1.165) is 24.2 Å². The first-order valence-electron chi connectivity index (χ1n) is 8.69. The zero-order valence-electron chi connectivity index (χ0n) is 14.2. The molecule has 4 rings (SSSR count). The third kappa shape index (κ3) is 2.92. The van der Waals surface area contributed by atoms with E-state index in [1.165, 1.54) is 0 Å². The van der Waals surface area contributed by atoms with Gasteiger partial charge in [0.15, 0.2) is 5.76 Å². The van der Waals surface area contributed by atoms with Crippen molar-refractivity contribution in [2.75, 3.05) is 6.54 Å². The number of carbonyl (C=O) groups is 2. The Bertz CT molecular complexity index is 786. The molecule has 0 bridgehead atoms. The molecule has 2 aliphatic rings. The second kappa shape index (κ2) is 6.35. The van der Waals surface area contributed by atoms with E-state index >= 15 is 0 Å². The van der Waals surface area contributed by atoms with Crippen molar-refractivity contribution in [3.05, 3.63) is 53.7 Å². The number of hydrogen-bond acceptors (Lipinski definition) is 4. The van der Waals surface area contributed by atoms with E-state index in [1.54, 1.807) is 24.5 Å². The minimum atomic E-state index is -0.0729. The molecular weight excluding hydrogens is 318 g/mol. The monoisotopic (exact) mass is 339 g/mol. The fourth-order valence-electron chi connectivity index (χ4n) is 3.99. The quantitative estimate of drug-likeness (QED) is 0.861. The fourth-order valence-corrected chi connectivity index (χ4v) is 3.99. The maximum atomic E-state index is 12.8. The predicted molar refractivity (Wildman–Crippen MR) is 90.7 cm³/mol. The normalized spacial score (nSPS) is 23.0. The zero-order chi connectivity index (χ0) is 17.4. The first-order valence-corrected chi connectivity index (χ1v) is 8.69. The molecule has 0 spiro atoms. The van der Waals surface area contributed by atoms with Gasteiger partial charge in [-0.2, -0.15) is 0 Å². The second-order valence-corrected chi connectivity index (χ2v) is 6.75. The van der Waals surface area contributed by atoms with Crippen LogP contribution in [0.25, 0.3) is 0 Å². The van der Waals surface area contributed by atoms with Crippen LogP contribution in [-0.2, 0) is 11.3 Å². The molecule has 2 amide bonds. The Morgan fingerprint density at radius 1 is 1.28 bits per heavy atom. The molecule has 2 aromatic heterocycles. The first kappa shape index (κ1) is 15.9. The van der Waals surface area contributed by atoms with Gasteiger partial charge in [0.25, 0.3) is 5.91 Å². The number of amides is 2. The Labute approximate surface area is 146 Å². The van der Waals surface area contributed by atoms with Gasteiger partial charge < -0.3 is 14.2 Å². The average Bonchev–Trinajstić information content (AvgIpc) is 3.24. The number of fused-ring (bicyclic) bond motifs is 1. The minimum Gasteiger partial charge on any atom is -0.456 e. The molecule has 2 saturated heterocycles. The number of carbonyl (C=O) groups excluding carboxylic acids is 2. The summed E-state index contributed by atoms with van der Waals surface area (Å²) >= 11 is 0. The molecule has 2 aromatic rings. The van der Waals surface area contributed by atoms with Crippen molar-refractivity contribution in [1.82, 2.24) is 14.8 Å². The van der Waals surface area contributed by atoms with Crippen molar-refractivity contribution in [2.45, 2.75) is 44.8 Å². The zero-order valence-corrected chi connectivity index (χ0v) is 14.2. The van der Waals surface area contributed by atoms with Gasteiger partial charge in [-0.3, -0.25) is 14.6 Å². The highest BCUT2D eigenvalue weighted by molar-refractivity contribution is 5.92. The third-order valence-electron chi connectivity index (χ3n) is 5.17. The molecule has 6 heteroatoms. The maximum absolute atomic E-state index is 12.8. The molecule has 2 aliphatic heterocycles. The van der Waals surface area contributed by atoms with Crippen LogP contribution in [0, 0.1) is 6.92 Å². The van der Waals surface area contributed by atoms with E-state index in [9.17, 15) is 9.59 Å². The second-order valence-electron chi connectivity index (χ2n) is 6.75. The molecule has 25 heavy (non-hydrogen) atoms. The van der Waals surface area contributed by atoms with Crippen LogP contribution in [0.2, 0.25) is 0 Å². The van der Waals surface area contributed by atoms with Crippen LogP contribution < -0.4 is 0 Å². The summed E-state index contributed by atoms with van der Waals surface area (Å²) in [6, 6.07) is 7.53. The standard InChI is InChI=1S/C19H21N3O3/c1-13-4-6-17(25-13)19(24)21-10-8-16-15(21)5-7-18(23)22(16)12-14-3-2-9-20-11-14/h2-4,6,9,11,15-16H,5,7-8,10,12H2,1H3/t15-,16-/m1/s1. The average molecular weight is 339 g/mol. The summed E-state index contributed by atoms with van der Waals surface area (Å²) in [4.78, 5) is 33.2. The van der Waals surface area contributed by atoms with Crippen LogP contribution in [0.15, 0.2) is 41.1 Å². The van der Waals surface area contributed by atoms with Crippen molar-refractivity contribution in [1.29, 1.82) is 0 Å². The molecule has 0 N–H and O–H groups in total. The number of pyridine rings is 1. The highest BCUT2D eigenvalue weighted by Gasteiger charge is 2.45. The lowest BCUT2D eigenvalue weighted by molar-refractivity contribution is -0.138. The van der Waals surface area contributed by atoms with Gasteiger partial charge in [0.05, 0.1) is 12.1 Å². The summed E-state index contributed by atoms with van der Waals surface area (Å²) in [5.41, 5.74) is 1.02. The van der Waals surface area contributed by atoms with E-state index in [1.807, 2.05) is 28.9 Å². The smallest absolute Gasteiger partial charge is 0.289 e. The highest BCUT2D eigenvalue weighted by Crippen LogP contribution is 2.33. The molecule has 2 fully saturated rings. The number of hydrogen-bond donors (Lipinski definition) is 0. The lowest BCUT2D eigenvalue weighted by Crippen LogP contribution is -2.52. The molecule has 130 valence electrons. The van der Waals surface area contributed by atoms with Crippen molar-refractivity contribution in [2.24, 2.45) is 0 Å². The van der Waals surface area contributed by atoms with Crippen LogP contribution in [0.4, 0.5) is 0 Å². The van der Waals surface area contributed by atoms with E-state index in [-0.39, 0.29) is 23.9 Å². The molecule has 6 nitrogen and oxygen atoms in total. The van der Waals surface area contributed by atoms with Crippen molar-refractivity contribution < 1.29 is 14.0 Å². The number of furan rings is 1. The number of rotatable bonds is 3. The molecule has 0 aromatic carbocycles. The Morgan fingerprint density at radius 3 is 2.88 bits per heavy atom. The summed E-state index contributed by atoms with van der Waals surface area (Å²) in [6.07, 6.45) is 5.52. The van der Waals surface area contributed by atoms with Gasteiger partial charge in [-0.05, 0) is 43.5 Å². The summed E-state index contributed by atoms with van der Waals surface area (Å²) in [5.74, 6) is 1.20. The maximum Gasteiger partial charge on any atom is 0.289 e. The molecule has 0 radical (unpaired) electrons. The van der Waals surface area contributed by atoms with Gasteiger partial charge >= 0.3 is 0 Å². The summed E-state index contributed by atoms with van der Waals surface area (Å²) in [6.45, 7) is 3.04. The largest absolute Gasteiger partial charge is 0.456 e. The van der Waals surface area contributed by atoms with Crippen LogP contribution in [0.5, 0.6) is 0 Å². The van der Waals surface area contributed by atoms with Crippen molar-refractivity contribution in [3.63, 3.8) is 0 Å². The number of likely N-dealkylation sites (tertiary alicyclic amines) is 2. The molecule has 0 saturated carbocycles. The Balaban J connectivity index is 1.53. The SMILES string of the molecule is Cc1ccc(C(=O)N2CC[C@@H]3[C@H]2CCC(=O)N3Cc2cccnc2)o1. The van der Waals surface area contributed by atoms with Gasteiger partial charge in [0.2, 0.25) is 5.91 Å². The van der Waals surface area contributed by atoms with E-state index in [2.05, 4.69) is 4.98 Å². The lowest BCUT2D eigenvalue weighted by Gasteiger charge is -2.39. The number of piperidine rings is 1. The topological polar surface area (TPSA) is 66.7 Å². The summed E-state index contributed by atoms with van der Waals surface area (Å²) < 4.78 is 5.50. The van der Waals surface area contributed by atoms with Crippen molar-refractivity contribution >= 4 is 11.8 Å². The predicted octanol–water partition coefficient (Wildman–Crippen LogP) is 2.39. The molecule has 4 heterocycles. The molecule has 0 aliphatic carbocycles. The van der Waals surface area contributed by atoms with Gasteiger partial charge in [-0.25, -0.2) is 0 Å². The van der Waals surface area contributed by atoms with Crippen molar-refractivity contribution in [3.8, 4) is 0 Å². The Hall–Kier alpha value is -2.63. The van der Waals surface area contributed by atoms with Crippen LogP contribution in [0.1, 0.15) is 41.1 Å². The van der Waals surface area contributed by atoms with E-state index in [0.29, 0.717) is 25.3 Å². The van der Waals surface area contributed by atoms with E-state index in [4.69, 9.17) is 4.42 Å². The lowest BCUT2D eigenvalue weighted by atomic mass is 9.95. The van der Waals surface area contributed by atoms with Gasteiger partial charge in [0.1, 0.15) is 5.76 Å². The first-order chi connectivity index (χ1) is 12.1. The van der Waals surface area contributed by atoms with E-state index < -0.39 is 0 Å². The van der Waals surface area contributed by atoms with Crippen LogP contribution >= 0.6 is 0 Å². The third-order valence-corrected chi connectivity index (χ3v) is 5.17. The summed E-state index contributed by atoms with van der Waals surface area (Å²) in [5, 5.41) is 0. The van der Waals surface area contributed by atoms with Gasteiger partial charge in [-0.15, -0.1) is 0 Å². The summed E-state index contributed by atoms with van der Waals surface area (Å²) in [7, 11) is 0. The highest BCUT2D eigenvalue weighted by atomic mass is 16.3. The number of nitrogens with zero attached hydrogens (tertiary/aromatic N) is 3. The number of aryl methyl sites for hydroxylation is 1. The van der Waals surface area contributed by atoms with Gasteiger partial charge in [-0.1, -0.05) is 6.07 Å². The number of aromatic nitrogens is 1.